The molecule has 1 fully saturated rings. The van der Waals surface area contributed by atoms with E-state index < -0.39 is 0 Å². The number of nitrogens with zero attached hydrogens (tertiary/aromatic N) is 4. The number of hydrogen-bond donors (Lipinski definition) is 3. The van der Waals surface area contributed by atoms with Gasteiger partial charge in [0.2, 0.25) is 11.9 Å². The van der Waals surface area contributed by atoms with Crippen LogP contribution in [0.4, 0.5) is 0 Å². The molecule has 0 radical (unpaired) electrons. The van der Waals surface area contributed by atoms with Crippen LogP contribution in [0.1, 0.15) is 36.2 Å². The highest BCUT2D eigenvalue weighted by atomic mass is 16.5. The summed E-state index contributed by atoms with van der Waals surface area (Å²) in [5.74, 6) is 0.0230. The Balaban J connectivity index is 1.42. The summed E-state index contributed by atoms with van der Waals surface area (Å²) in [6.07, 6.45) is 9.91. The molecule has 1 aliphatic carbocycles. The Labute approximate surface area is 167 Å². The second-order valence-corrected chi connectivity index (χ2v) is 7.01. The SMILES string of the molecule is CNC(=O)CO[C@H]1CC[C@H](NC(=O)c2nc(-n3ccnc3)nc3cc[nH]c23)CC1. The summed E-state index contributed by atoms with van der Waals surface area (Å²) >= 11 is 0. The molecular weight excluding hydrogens is 374 g/mol. The third kappa shape index (κ3) is 4.27. The number of fused-ring (bicyclic) bond motifs is 1. The number of nitrogens with one attached hydrogen (secondary N) is 3. The topological polar surface area (TPSA) is 127 Å². The minimum Gasteiger partial charge on any atom is -0.368 e. The zero-order valence-electron chi connectivity index (χ0n) is 16.1. The number of likely N-dealkylation sites (N-methyl/N-ethyl adjacent to an activating group) is 1. The Morgan fingerprint density at radius 1 is 1.28 bits per heavy atom. The van der Waals surface area contributed by atoms with Crippen molar-refractivity contribution in [3.05, 3.63) is 36.7 Å². The Hall–Kier alpha value is -3.27. The van der Waals surface area contributed by atoms with E-state index in [4.69, 9.17) is 4.74 Å². The maximum atomic E-state index is 13.0. The fraction of sp³-hybridized carbons (Fsp3) is 0.421. The molecule has 152 valence electrons. The summed E-state index contributed by atoms with van der Waals surface area (Å²) in [6.45, 7) is 0.0704. The minimum absolute atomic E-state index is 0.0408. The number of ether oxygens (including phenoxy) is 1. The molecule has 3 N–H and O–H groups in total. The molecule has 2 amide bonds. The fourth-order valence-corrected chi connectivity index (χ4v) is 3.48. The smallest absolute Gasteiger partial charge is 0.272 e. The van der Waals surface area contributed by atoms with Gasteiger partial charge in [0.05, 0.1) is 17.1 Å². The Kier molecular flexibility index (Phi) is 5.52. The lowest BCUT2D eigenvalue weighted by Crippen LogP contribution is -2.40. The number of aromatic nitrogens is 5. The number of aromatic amines is 1. The molecule has 29 heavy (non-hydrogen) atoms. The normalized spacial score (nSPS) is 19.2. The standard InChI is InChI=1S/C19H23N7O3/c1-20-15(27)10-29-13-4-2-12(3-5-13)23-18(28)17-16-14(6-7-22-16)24-19(25-17)26-9-8-21-11-26/h6-9,11-13,22H,2-5,10H2,1H3,(H,20,27)(H,23,28)/t12-,13-. The van der Waals surface area contributed by atoms with Gasteiger partial charge in [-0.2, -0.15) is 0 Å². The molecule has 0 spiro atoms. The predicted molar refractivity (Wildman–Crippen MR) is 105 cm³/mol. The fourth-order valence-electron chi connectivity index (χ4n) is 3.48. The molecule has 0 aliphatic heterocycles. The van der Waals surface area contributed by atoms with Gasteiger partial charge in [0, 0.05) is 31.7 Å². The summed E-state index contributed by atoms with van der Waals surface area (Å²) in [5, 5.41) is 5.62. The predicted octanol–water partition coefficient (Wildman–Crippen LogP) is 0.947. The summed E-state index contributed by atoms with van der Waals surface area (Å²) < 4.78 is 7.28. The van der Waals surface area contributed by atoms with Crippen LogP contribution in [0.15, 0.2) is 31.0 Å². The first-order chi connectivity index (χ1) is 14.1. The Bertz CT molecular complexity index is 991. The number of carbonyl (C=O) groups is 2. The summed E-state index contributed by atoms with van der Waals surface area (Å²) in [5.41, 5.74) is 1.58. The van der Waals surface area contributed by atoms with E-state index in [1.807, 2.05) is 6.07 Å². The summed E-state index contributed by atoms with van der Waals surface area (Å²) in [7, 11) is 1.59. The largest absolute Gasteiger partial charge is 0.368 e. The molecule has 3 aromatic rings. The van der Waals surface area contributed by atoms with Gasteiger partial charge in [-0.1, -0.05) is 0 Å². The highest BCUT2D eigenvalue weighted by Crippen LogP contribution is 2.22. The number of hydrogen-bond acceptors (Lipinski definition) is 6. The van der Waals surface area contributed by atoms with Crippen LogP contribution >= 0.6 is 0 Å². The molecule has 0 atom stereocenters. The lowest BCUT2D eigenvalue weighted by Gasteiger charge is -2.28. The molecule has 10 nitrogen and oxygen atoms in total. The molecule has 3 aromatic heterocycles. The molecule has 10 heteroatoms. The monoisotopic (exact) mass is 397 g/mol. The average molecular weight is 397 g/mol. The molecule has 1 saturated carbocycles. The van der Waals surface area contributed by atoms with Crippen molar-refractivity contribution in [3.63, 3.8) is 0 Å². The number of imidazole rings is 1. The molecule has 1 aliphatic rings. The number of amides is 2. The van der Waals surface area contributed by atoms with Crippen molar-refractivity contribution in [2.75, 3.05) is 13.7 Å². The van der Waals surface area contributed by atoms with Crippen LogP contribution < -0.4 is 10.6 Å². The van der Waals surface area contributed by atoms with Crippen LogP contribution in [0.25, 0.3) is 17.0 Å². The van der Waals surface area contributed by atoms with Gasteiger partial charge in [-0.05, 0) is 31.7 Å². The van der Waals surface area contributed by atoms with Crippen molar-refractivity contribution in [1.29, 1.82) is 0 Å². The van der Waals surface area contributed by atoms with Crippen LogP contribution in [0.2, 0.25) is 0 Å². The number of rotatable bonds is 6. The summed E-state index contributed by atoms with van der Waals surface area (Å²) in [4.78, 5) is 40.2. The van der Waals surface area contributed by atoms with Crippen LogP contribution in [0.3, 0.4) is 0 Å². The van der Waals surface area contributed by atoms with Crippen molar-refractivity contribution >= 4 is 22.8 Å². The Morgan fingerprint density at radius 3 is 2.83 bits per heavy atom. The zero-order valence-corrected chi connectivity index (χ0v) is 16.1. The van der Waals surface area contributed by atoms with Crippen molar-refractivity contribution in [2.24, 2.45) is 0 Å². The van der Waals surface area contributed by atoms with E-state index in [0.29, 0.717) is 22.7 Å². The van der Waals surface area contributed by atoms with E-state index in [-0.39, 0.29) is 30.6 Å². The minimum atomic E-state index is -0.240. The van der Waals surface area contributed by atoms with Crippen molar-refractivity contribution in [3.8, 4) is 5.95 Å². The van der Waals surface area contributed by atoms with E-state index in [1.165, 1.54) is 0 Å². The first kappa shape index (κ1) is 19.1. The zero-order chi connectivity index (χ0) is 20.2. The first-order valence-corrected chi connectivity index (χ1v) is 9.60. The third-order valence-corrected chi connectivity index (χ3v) is 5.08. The van der Waals surface area contributed by atoms with Gasteiger partial charge in [0.25, 0.3) is 5.91 Å². The van der Waals surface area contributed by atoms with E-state index in [0.717, 1.165) is 25.7 Å². The second kappa shape index (κ2) is 8.39. The third-order valence-electron chi connectivity index (χ3n) is 5.08. The second-order valence-electron chi connectivity index (χ2n) is 7.01. The molecular formula is C19H23N7O3. The van der Waals surface area contributed by atoms with Crippen molar-refractivity contribution in [1.82, 2.24) is 35.1 Å². The molecule has 0 aromatic carbocycles. The van der Waals surface area contributed by atoms with E-state index in [1.54, 1.807) is 36.5 Å². The van der Waals surface area contributed by atoms with E-state index >= 15 is 0 Å². The van der Waals surface area contributed by atoms with Crippen LogP contribution in [-0.2, 0) is 9.53 Å². The van der Waals surface area contributed by atoms with E-state index in [9.17, 15) is 9.59 Å². The van der Waals surface area contributed by atoms with Gasteiger partial charge in [0.15, 0.2) is 5.69 Å². The van der Waals surface area contributed by atoms with Crippen LogP contribution in [0, 0.1) is 0 Å². The van der Waals surface area contributed by atoms with Gasteiger partial charge in [-0.25, -0.2) is 15.0 Å². The van der Waals surface area contributed by atoms with Crippen molar-refractivity contribution in [2.45, 2.75) is 37.8 Å². The molecule has 0 unspecified atom stereocenters. The maximum Gasteiger partial charge on any atom is 0.272 e. The lowest BCUT2D eigenvalue weighted by atomic mass is 9.93. The average Bonchev–Trinajstić information content (AvgIpc) is 3.44. The first-order valence-electron chi connectivity index (χ1n) is 9.60. The van der Waals surface area contributed by atoms with Gasteiger partial charge in [-0.3, -0.25) is 14.2 Å². The lowest BCUT2D eigenvalue weighted by molar-refractivity contribution is -0.127. The van der Waals surface area contributed by atoms with Gasteiger partial charge in [0.1, 0.15) is 12.9 Å². The Morgan fingerprint density at radius 2 is 2.10 bits per heavy atom. The maximum absolute atomic E-state index is 13.0. The highest BCUT2D eigenvalue weighted by Gasteiger charge is 2.25. The number of carbonyl (C=O) groups excluding carboxylic acids is 2. The van der Waals surface area contributed by atoms with Crippen LogP contribution in [0.5, 0.6) is 0 Å². The molecule has 3 heterocycles. The van der Waals surface area contributed by atoms with Gasteiger partial charge in [-0.15, -0.1) is 0 Å². The van der Waals surface area contributed by atoms with E-state index in [2.05, 4.69) is 30.6 Å². The quantitative estimate of drug-likeness (QED) is 0.568. The molecule has 4 rings (SSSR count). The van der Waals surface area contributed by atoms with Crippen LogP contribution in [-0.4, -0.2) is 62.1 Å². The highest BCUT2D eigenvalue weighted by molar-refractivity contribution is 6.03. The molecule has 0 saturated heterocycles. The molecule has 0 bridgehead atoms. The van der Waals surface area contributed by atoms with Crippen molar-refractivity contribution < 1.29 is 14.3 Å². The number of H-pyrrole nitrogens is 1. The van der Waals surface area contributed by atoms with Gasteiger partial charge >= 0.3 is 0 Å². The van der Waals surface area contributed by atoms with Gasteiger partial charge < -0.3 is 20.4 Å². The summed E-state index contributed by atoms with van der Waals surface area (Å²) in [6, 6.07) is 1.85.